The van der Waals surface area contributed by atoms with Crippen molar-refractivity contribution >= 4 is 22.7 Å². The minimum Gasteiger partial charge on any atom is -0.488 e. The van der Waals surface area contributed by atoms with Gasteiger partial charge in [0.1, 0.15) is 17.4 Å². The van der Waals surface area contributed by atoms with Crippen molar-refractivity contribution < 1.29 is 4.74 Å². The second-order valence-corrected chi connectivity index (χ2v) is 8.01. The van der Waals surface area contributed by atoms with Gasteiger partial charge in [0.2, 0.25) is 0 Å². The molecule has 0 radical (unpaired) electrons. The number of thiophene rings is 1. The third kappa shape index (κ3) is 4.39. The van der Waals surface area contributed by atoms with Crippen LogP contribution in [-0.4, -0.2) is 14.5 Å². The molecule has 6 heteroatoms. The summed E-state index contributed by atoms with van der Waals surface area (Å²) in [5.74, 6) is 0.898. The molecule has 0 fully saturated rings. The van der Waals surface area contributed by atoms with Gasteiger partial charge in [-0.25, -0.2) is 9.97 Å². The predicted octanol–water partition coefficient (Wildman–Crippen LogP) is 5.28. The van der Waals surface area contributed by atoms with E-state index in [1.165, 1.54) is 10.4 Å². The Morgan fingerprint density at radius 1 is 1.12 bits per heavy atom. The molecule has 0 atom stereocenters. The maximum Gasteiger partial charge on any atom is 0.133 e. The van der Waals surface area contributed by atoms with Crippen LogP contribution < -0.4 is 4.74 Å². The number of aromatic nitrogens is 3. The van der Waals surface area contributed by atoms with Gasteiger partial charge in [-0.05, 0) is 42.0 Å². The van der Waals surface area contributed by atoms with E-state index in [2.05, 4.69) is 44.2 Å². The molecule has 0 N–H and O–H groups in total. The highest BCUT2D eigenvalue weighted by Gasteiger charge is 2.06. The fourth-order valence-electron chi connectivity index (χ4n) is 2.68. The Kier molecular flexibility index (Phi) is 5.42. The number of benzene rings is 1. The number of ether oxygens (including phenoxy) is 1. The molecule has 0 saturated heterocycles. The Labute approximate surface area is 160 Å². The molecule has 0 saturated carbocycles. The van der Waals surface area contributed by atoms with Crippen molar-refractivity contribution in [3.8, 4) is 15.6 Å². The summed E-state index contributed by atoms with van der Waals surface area (Å²) in [4.78, 5) is 10.9. The Bertz CT molecular complexity index is 913. The Balaban J connectivity index is 1.26. The van der Waals surface area contributed by atoms with E-state index in [9.17, 15) is 0 Å². The van der Waals surface area contributed by atoms with E-state index in [1.807, 2.05) is 37.1 Å². The molecule has 3 heterocycles. The van der Waals surface area contributed by atoms with Gasteiger partial charge in [-0.15, -0.1) is 22.7 Å². The third-order valence-corrected chi connectivity index (χ3v) is 6.04. The van der Waals surface area contributed by atoms with Crippen LogP contribution in [0.1, 0.15) is 16.9 Å². The normalized spacial score (nSPS) is 10.9. The zero-order valence-electron chi connectivity index (χ0n) is 14.2. The number of hydrogen-bond acceptors (Lipinski definition) is 5. The second-order valence-electron chi connectivity index (χ2n) is 5.95. The van der Waals surface area contributed by atoms with Crippen LogP contribution in [0.5, 0.6) is 5.75 Å². The van der Waals surface area contributed by atoms with Crippen LogP contribution in [0.3, 0.4) is 0 Å². The van der Waals surface area contributed by atoms with Gasteiger partial charge in [-0.1, -0.05) is 18.2 Å². The first-order valence-electron chi connectivity index (χ1n) is 8.53. The zero-order chi connectivity index (χ0) is 17.6. The standard InChI is InChI=1S/C20H19N3OS2/c1(10-23-11-9-21-15-23)3-16-5-7-17(8-6-16)24-14-18-13-22-20(26-18)19-4-2-12-25-19/h2,4-9,11-13,15H,1,3,10,14H2. The number of hydrogen-bond donors (Lipinski definition) is 0. The molecule has 4 nitrogen and oxygen atoms in total. The lowest BCUT2D eigenvalue weighted by Crippen LogP contribution is -1.97. The van der Waals surface area contributed by atoms with Crippen molar-refractivity contribution in [3.05, 3.63) is 77.1 Å². The van der Waals surface area contributed by atoms with E-state index in [0.717, 1.165) is 35.0 Å². The first-order chi connectivity index (χ1) is 12.9. The maximum absolute atomic E-state index is 5.90. The molecule has 3 aromatic heterocycles. The Hall–Kier alpha value is -2.44. The van der Waals surface area contributed by atoms with Crippen LogP contribution >= 0.6 is 22.7 Å². The van der Waals surface area contributed by atoms with Crippen molar-refractivity contribution in [2.45, 2.75) is 26.0 Å². The van der Waals surface area contributed by atoms with E-state index in [1.54, 1.807) is 22.7 Å². The van der Waals surface area contributed by atoms with Crippen LogP contribution in [-0.2, 0) is 19.6 Å². The molecule has 4 rings (SSSR count). The lowest BCUT2D eigenvalue weighted by atomic mass is 10.1. The fraction of sp³-hybridized carbons (Fsp3) is 0.200. The Morgan fingerprint density at radius 3 is 2.81 bits per heavy atom. The topological polar surface area (TPSA) is 39.9 Å². The summed E-state index contributed by atoms with van der Waals surface area (Å²) in [6, 6.07) is 12.5. The first kappa shape index (κ1) is 17.0. The predicted molar refractivity (Wildman–Crippen MR) is 107 cm³/mol. The summed E-state index contributed by atoms with van der Waals surface area (Å²) >= 11 is 3.40. The minimum atomic E-state index is 0.559. The monoisotopic (exact) mass is 381 g/mol. The zero-order valence-corrected chi connectivity index (χ0v) is 15.9. The highest BCUT2D eigenvalue weighted by molar-refractivity contribution is 7.20. The molecule has 0 aliphatic carbocycles. The quantitative estimate of drug-likeness (QED) is 0.417. The van der Waals surface area contributed by atoms with Crippen LogP contribution in [0, 0.1) is 0 Å². The summed E-state index contributed by atoms with van der Waals surface area (Å²) < 4.78 is 8.01. The molecular weight excluding hydrogens is 362 g/mol. The van der Waals surface area contributed by atoms with Crippen LogP contribution in [0.15, 0.2) is 66.7 Å². The van der Waals surface area contributed by atoms with Crippen molar-refractivity contribution in [2.24, 2.45) is 0 Å². The second kappa shape index (κ2) is 8.29. The van der Waals surface area contributed by atoms with Gasteiger partial charge in [-0.2, -0.15) is 0 Å². The van der Waals surface area contributed by atoms with Gasteiger partial charge in [0.25, 0.3) is 0 Å². The minimum absolute atomic E-state index is 0.559. The van der Waals surface area contributed by atoms with E-state index in [-0.39, 0.29) is 0 Å². The van der Waals surface area contributed by atoms with E-state index < -0.39 is 0 Å². The molecule has 0 amide bonds. The van der Waals surface area contributed by atoms with Gasteiger partial charge in [0.15, 0.2) is 0 Å². The molecular formula is C20H19N3OS2. The molecule has 0 aliphatic heterocycles. The van der Waals surface area contributed by atoms with E-state index >= 15 is 0 Å². The van der Waals surface area contributed by atoms with Crippen molar-refractivity contribution in [2.75, 3.05) is 0 Å². The van der Waals surface area contributed by atoms with E-state index in [0.29, 0.717) is 6.61 Å². The number of imidazole rings is 1. The molecule has 0 unspecified atom stereocenters. The van der Waals surface area contributed by atoms with Crippen molar-refractivity contribution in [1.29, 1.82) is 0 Å². The first-order valence-corrected chi connectivity index (χ1v) is 10.2. The fourth-order valence-corrected chi connectivity index (χ4v) is 4.31. The third-order valence-electron chi connectivity index (χ3n) is 4.03. The van der Waals surface area contributed by atoms with Gasteiger partial charge in [-0.3, -0.25) is 0 Å². The number of rotatable bonds is 8. The molecule has 0 spiro atoms. The summed E-state index contributed by atoms with van der Waals surface area (Å²) in [6.07, 6.45) is 9.74. The highest BCUT2D eigenvalue weighted by atomic mass is 32.1. The number of nitrogens with zero attached hydrogens (tertiary/aromatic N) is 3. The summed E-state index contributed by atoms with van der Waals surface area (Å²) in [5, 5.41) is 3.14. The van der Waals surface area contributed by atoms with Gasteiger partial charge in [0.05, 0.1) is 16.1 Å². The molecule has 132 valence electrons. The molecule has 0 aliphatic rings. The molecule has 4 aromatic rings. The Morgan fingerprint density at radius 2 is 2.04 bits per heavy atom. The van der Waals surface area contributed by atoms with E-state index in [4.69, 9.17) is 4.74 Å². The van der Waals surface area contributed by atoms with Crippen LogP contribution in [0.25, 0.3) is 9.88 Å². The SMILES string of the molecule is c1csc(-c2ncc(COc3ccc(CCCn4ccnc4)cc3)s2)c1. The average Bonchev–Trinajstić information content (AvgIpc) is 3.42. The van der Waals surface area contributed by atoms with Crippen molar-refractivity contribution in [1.82, 2.24) is 14.5 Å². The summed E-state index contributed by atoms with van der Waals surface area (Å²) in [7, 11) is 0. The van der Waals surface area contributed by atoms with Gasteiger partial charge >= 0.3 is 0 Å². The highest BCUT2D eigenvalue weighted by Crippen LogP contribution is 2.29. The van der Waals surface area contributed by atoms with Gasteiger partial charge in [0, 0.05) is 25.1 Å². The number of thiazole rings is 1. The average molecular weight is 382 g/mol. The lowest BCUT2D eigenvalue weighted by molar-refractivity contribution is 0.309. The van der Waals surface area contributed by atoms with Crippen LogP contribution in [0.2, 0.25) is 0 Å². The van der Waals surface area contributed by atoms with Crippen LogP contribution in [0.4, 0.5) is 0 Å². The van der Waals surface area contributed by atoms with Gasteiger partial charge < -0.3 is 9.30 Å². The largest absolute Gasteiger partial charge is 0.488 e. The summed E-state index contributed by atoms with van der Waals surface area (Å²) in [5.41, 5.74) is 1.33. The molecule has 0 bridgehead atoms. The smallest absolute Gasteiger partial charge is 0.133 e. The molecule has 26 heavy (non-hydrogen) atoms. The molecule has 1 aromatic carbocycles. The summed E-state index contributed by atoms with van der Waals surface area (Å²) in [6.45, 7) is 1.55. The number of aryl methyl sites for hydroxylation is 2. The van der Waals surface area contributed by atoms with Crippen molar-refractivity contribution in [3.63, 3.8) is 0 Å². The lowest BCUT2D eigenvalue weighted by Gasteiger charge is -2.06. The maximum atomic E-state index is 5.90.